The predicted octanol–water partition coefficient (Wildman–Crippen LogP) is 3.05. The molecule has 0 aliphatic rings. The SMILES string of the molecule is CCN(CC)CC(C)NCc1cccc2ncccc12. The van der Waals surface area contributed by atoms with Crippen LogP contribution in [-0.4, -0.2) is 35.6 Å². The monoisotopic (exact) mass is 271 g/mol. The summed E-state index contributed by atoms with van der Waals surface area (Å²) >= 11 is 0. The number of aromatic nitrogens is 1. The molecule has 1 aromatic carbocycles. The van der Waals surface area contributed by atoms with Crippen molar-refractivity contribution in [2.24, 2.45) is 0 Å². The van der Waals surface area contributed by atoms with Crippen LogP contribution in [0.5, 0.6) is 0 Å². The summed E-state index contributed by atoms with van der Waals surface area (Å²) in [4.78, 5) is 6.85. The Hall–Kier alpha value is -1.45. The standard InChI is InChI=1S/C17H25N3/c1-4-20(5-2)13-14(3)19-12-15-8-6-10-17-16(15)9-7-11-18-17/h6-11,14,19H,4-5,12-13H2,1-3H3. The normalized spacial score (nSPS) is 13.0. The summed E-state index contributed by atoms with van der Waals surface area (Å²) in [5.41, 5.74) is 2.39. The quantitative estimate of drug-likeness (QED) is 0.839. The fraction of sp³-hybridized carbons (Fsp3) is 0.471. The van der Waals surface area contributed by atoms with Crippen LogP contribution in [0, 0.1) is 0 Å². The Bertz CT molecular complexity index is 529. The molecule has 0 spiro atoms. The Morgan fingerprint density at radius 3 is 2.70 bits per heavy atom. The second-order valence-corrected chi connectivity index (χ2v) is 5.26. The maximum atomic E-state index is 4.41. The van der Waals surface area contributed by atoms with Gasteiger partial charge in [-0.05, 0) is 37.7 Å². The number of hydrogen-bond donors (Lipinski definition) is 1. The molecule has 1 atom stereocenters. The van der Waals surface area contributed by atoms with Crippen molar-refractivity contribution in [3.8, 4) is 0 Å². The molecular formula is C17H25N3. The van der Waals surface area contributed by atoms with Crippen LogP contribution in [0.2, 0.25) is 0 Å². The van der Waals surface area contributed by atoms with Crippen LogP contribution < -0.4 is 5.32 Å². The molecule has 0 amide bonds. The Balaban J connectivity index is 1.99. The molecule has 3 heteroatoms. The van der Waals surface area contributed by atoms with E-state index in [1.165, 1.54) is 10.9 Å². The van der Waals surface area contributed by atoms with Gasteiger partial charge in [0, 0.05) is 30.7 Å². The summed E-state index contributed by atoms with van der Waals surface area (Å²) in [6.45, 7) is 10.9. The van der Waals surface area contributed by atoms with Gasteiger partial charge in [0.05, 0.1) is 5.52 Å². The van der Waals surface area contributed by atoms with Crippen LogP contribution in [0.1, 0.15) is 26.3 Å². The lowest BCUT2D eigenvalue weighted by molar-refractivity contribution is 0.271. The third-order valence-electron chi connectivity index (χ3n) is 3.80. The molecule has 0 aliphatic carbocycles. The molecule has 1 N–H and O–H groups in total. The molecule has 108 valence electrons. The van der Waals surface area contributed by atoms with Crippen molar-refractivity contribution in [3.05, 3.63) is 42.1 Å². The number of pyridine rings is 1. The Labute approximate surface area is 122 Å². The predicted molar refractivity (Wildman–Crippen MR) is 85.8 cm³/mol. The highest BCUT2D eigenvalue weighted by Crippen LogP contribution is 2.16. The fourth-order valence-corrected chi connectivity index (χ4v) is 2.54. The molecule has 3 nitrogen and oxygen atoms in total. The Kier molecular flexibility index (Phi) is 5.50. The van der Waals surface area contributed by atoms with Gasteiger partial charge in [0.2, 0.25) is 0 Å². The van der Waals surface area contributed by atoms with E-state index >= 15 is 0 Å². The average Bonchev–Trinajstić information content (AvgIpc) is 2.50. The van der Waals surface area contributed by atoms with Crippen LogP contribution in [0.25, 0.3) is 10.9 Å². The molecule has 2 aromatic rings. The molecule has 20 heavy (non-hydrogen) atoms. The largest absolute Gasteiger partial charge is 0.309 e. The highest BCUT2D eigenvalue weighted by Gasteiger charge is 2.07. The number of rotatable bonds is 7. The van der Waals surface area contributed by atoms with Crippen molar-refractivity contribution < 1.29 is 0 Å². The van der Waals surface area contributed by atoms with Crippen LogP contribution in [0.3, 0.4) is 0 Å². The topological polar surface area (TPSA) is 28.2 Å². The second-order valence-electron chi connectivity index (χ2n) is 5.26. The lowest BCUT2D eigenvalue weighted by atomic mass is 10.1. The van der Waals surface area contributed by atoms with E-state index in [9.17, 15) is 0 Å². The molecule has 0 saturated carbocycles. The summed E-state index contributed by atoms with van der Waals surface area (Å²) in [5.74, 6) is 0. The van der Waals surface area contributed by atoms with Gasteiger partial charge in [-0.1, -0.05) is 32.0 Å². The van der Waals surface area contributed by atoms with Crippen molar-refractivity contribution in [3.63, 3.8) is 0 Å². The molecule has 0 saturated heterocycles. The zero-order valence-electron chi connectivity index (χ0n) is 12.8. The van der Waals surface area contributed by atoms with Crippen LogP contribution in [-0.2, 0) is 6.54 Å². The number of likely N-dealkylation sites (N-methyl/N-ethyl adjacent to an activating group) is 1. The van der Waals surface area contributed by atoms with Crippen molar-refractivity contribution in [2.75, 3.05) is 19.6 Å². The van der Waals surface area contributed by atoms with Gasteiger partial charge in [0.15, 0.2) is 0 Å². The minimum Gasteiger partial charge on any atom is -0.309 e. The number of benzene rings is 1. The summed E-state index contributed by atoms with van der Waals surface area (Å²) in [7, 11) is 0. The molecule has 2 rings (SSSR count). The summed E-state index contributed by atoms with van der Waals surface area (Å²) in [5, 5.41) is 4.87. The number of nitrogens with one attached hydrogen (secondary N) is 1. The van der Waals surface area contributed by atoms with E-state index in [0.717, 1.165) is 31.7 Å². The first-order chi connectivity index (χ1) is 9.74. The third-order valence-corrected chi connectivity index (χ3v) is 3.80. The zero-order chi connectivity index (χ0) is 14.4. The number of nitrogens with zero attached hydrogens (tertiary/aromatic N) is 2. The van der Waals surface area contributed by atoms with E-state index in [1.807, 2.05) is 12.3 Å². The summed E-state index contributed by atoms with van der Waals surface area (Å²) in [6.07, 6.45) is 1.85. The van der Waals surface area contributed by atoms with Gasteiger partial charge in [0.1, 0.15) is 0 Å². The first-order valence-corrected chi connectivity index (χ1v) is 7.53. The minimum absolute atomic E-state index is 0.488. The van der Waals surface area contributed by atoms with Crippen LogP contribution in [0.4, 0.5) is 0 Å². The second kappa shape index (κ2) is 7.36. The minimum atomic E-state index is 0.488. The van der Waals surface area contributed by atoms with Gasteiger partial charge in [-0.25, -0.2) is 0 Å². The van der Waals surface area contributed by atoms with Crippen molar-refractivity contribution in [1.29, 1.82) is 0 Å². The first kappa shape index (κ1) is 14.9. The molecule has 0 fully saturated rings. The van der Waals surface area contributed by atoms with Gasteiger partial charge < -0.3 is 10.2 Å². The van der Waals surface area contributed by atoms with Gasteiger partial charge in [-0.2, -0.15) is 0 Å². The van der Waals surface area contributed by atoms with E-state index in [4.69, 9.17) is 0 Å². The molecule has 1 unspecified atom stereocenters. The lowest BCUT2D eigenvalue weighted by Gasteiger charge is -2.23. The van der Waals surface area contributed by atoms with Crippen LogP contribution >= 0.6 is 0 Å². The van der Waals surface area contributed by atoms with Crippen molar-refractivity contribution in [2.45, 2.75) is 33.4 Å². The maximum Gasteiger partial charge on any atom is 0.0705 e. The molecule has 1 aromatic heterocycles. The van der Waals surface area contributed by atoms with E-state index in [1.54, 1.807) is 0 Å². The number of fused-ring (bicyclic) bond motifs is 1. The fourth-order valence-electron chi connectivity index (χ4n) is 2.54. The maximum absolute atomic E-state index is 4.41. The van der Waals surface area contributed by atoms with E-state index < -0.39 is 0 Å². The summed E-state index contributed by atoms with van der Waals surface area (Å²) in [6, 6.07) is 11.0. The van der Waals surface area contributed by atoms with Gasteiger partial charge in [-0.15, -0.1) is 0 Å². The number of hydrogen-bond acceptors (Lipinski definition) is 3. The van der Waals surface area contributed by atoms with Gasteiger partial charge in [-0.3, -0.25) is 4.98 Å². The Morgan fingerprint density at radius 1 is 1.15 bits per heavy atom. The van der Waals surface area contributed by atoms with Crippen LogP contribution in [0.15, 0.2) is 36.5 Å². The van der Waals surface area contributed by atoms with E-state index in [-0.39, 0.29) is 0 Å². The van der Waals surface area contributed by atoms with E-state index in [0.29, 0.717) is 6.04 Å². The highest BCUT2D eigenvalue weighted by molar-refractivity contribution is 5.81. The summed E-state index contributed by atoms with van der Waals surface area (Å²) < 4.78 is 0. The van der Waals surface area contributed by atoms with Gasteiger partial charge >= 0.3 is 0 Å². The smallest absolute Gasteiger partial charge is 0.0705 e. The Morgan fingerprint density at radius 2 is 1.95 bits per heavy atom. The van der Waals surface area contributed by atoms with Gasteiger partial charge in [0.25, 0.3) is 0 Å². The molecular weight excluding hydrogens is 246 g/mol. The molecule has 0 bridgehead atoms. The average molecular weight is 271 g/mol. The molecule has 0 radical (unpaired) electrons. The lowest BCUT2D eigenvalue weighted by Crippen LogP contribution is -2.38. The first-order valence-electron chi connectivity index (χ1n) is 7.53. The van der Waals surface area contributed by atoms with Crippen molar-refractivity contribution >= 4 is 10.9 Å². The molecule has 0 aliphatic heterocycles. The zero-order valence-corrected chi connectivity index (χ0v) is 12.8. The van der Waals surface area contributed by atoms with Crippen molar-refractivity contribution in [1.82, 2.24) is 15.2 Å². The highest BCUT2D eigenvalue weighted by atomic mass is 15.1. The third kappa shape index (κ3) is 3.78. The van der Waals surface area contributed by atoms with E-state index in [2.05, 4.69) is 60.2 Å². The molecule has 1 heterocycles.